The molecule has 0 saturated carbocycles. The lowest BCUT2D eigenvalue weighted by Crippen LogP contribution is -1.92. The van der Waals surface area contributed by atoms with Gasteiger partial charge in [0.05, 0.1) is 16.9 Å². The molecule has 35 heavy (non-hydrogen) atoms. The van der Waals surface area contributed by atoms with Crippen LogP contribution in [0.3, 0.4) is 0 Å². The van der Waals surface area contributed by atoms with Crippen LogP contribution in [0.25, 0.3) is 66.5 Å². The molecule has 0 N–H and O–H groups in total. The summed E-state index contributed by atoms with van der Waals surface area (Å²) in [5, 5.41) is 3.33. The summed E-state index contributed by atoms with van der Waals surface area (Å²) in [6.07, 6.45) is 1.83. The minimum atomic E-state index is 0.897. The van der Waals surface area contributed by atoms with Gasteiger partial charge in [-0.25, -0.2) is 4.98 Å². The molecule has 0 atom stereocenters. The number of benzene rings is 4. The highest BCUT2D eigenvalue weighted by Crippen LogP contribution is 2.34. The van der Waals surface area contributed by atoms with E-state index in [0.717, 1.165) is 66.5 Å². The summed E-state index contributed by atoms with van der Waals surface area (Å²) in [7, 11) is 0. The molecule has 0 bridgehead atoms. The number of nitrogens with zero attached hydrogens (tertiary/aromatic N) is 2. The quantitative estimate of drug-likeness (QED) is 0.272. The van der Waals surface area contributed by atoms with E-state index in [1.807, 2.05) is 48.7 Å². The maximum Gasteiger partial charge on any atom is 0.136 e. The molecule has 0 amide bonds. The minimum absolute atomic E-state index is 0.897. The third-order valence-corrected chi connectivity index (χ3v) is 6.52. The molecule has 0 spiro atoms. The molecule has 3 heterocycles. The van der Waals surface area contributed by atoms with E-state index in [4.69, 9.17) is 9.40 Å². The van der Waals surface area contributed by atoms with Crippen molar-refractivity contribution in [1.29, 1.82) is 0 Å². The molecule has 3 heteroatoms. The second kappa shape index (κ2) is 7.93. The molecule has 0 unspecified atom stereocenters. The van der Waals surface area contributed by atoms with Gasteiger partial charge in [0.25, 0.3) is 0 Å². The van der Waals surface area contributed by atoms with Crippen LogP contribution in [-0.2, 0) is 0 Å². The molecule has 0 aliphatic rings. The molecular weight excluding hydrogens is 428 g/mol. The molecule has 7 aromatic rings. The summed E-state index contributed by atoms with van der Waals surface area (Å²) >= 11 is 0. The average molecular weight is 449 g/mol. The molecule has 3 nitrogen and oxygen atoms in total. The fourth-order valence-corrected chi connectivity index (χ4v) is 4.80. The van der Waals surface area contributed by atoms with E-state index in [1.165, 1.54) is 0 Å². The van der Waals surface area contributed by atoms with E-state index in [2.05, 4.69) is 77.8 Å². The van der Waals surface area contributed by atoms with Crippen LogP contribution in [-0.4, -0.2) is 9.97 Å². The Kier molecular flexibility index (Phi) is 4.46. The first-order chi connectivity index (χ1) is 17.3. The summed E-state index contributed by atoms with van der Waals surface area (Å²) in [6, 6.07) is 39.5. The zero-order chi connectivity index (χ0) is 23.2. The van der Waals surface area contributed by atoms with Gasteiger partial charge in [-0.2, -0.15) is 0 Å². The zero-order valence-electron chi connectivity index (χ0n) is 18.8. The Bertz CT molecular complexity index is 1850. The van der Waals surface area contributed by atoms with Crippen molar-refractivity contribution in [3.8, 4) is 33.6 Å². The predicted octanol–water partition coefficient (Wildman–Crippen LogP) is 8.53. The van der Waals surface area contributed by atoms with Crippen LogP contribution >= 0.6 is 0 Å². The maximum absolute atomic E-state index is 6.12. The van der Waals surface area contributed by atoms with Gasteiger partial charge < -0.3 is 4.42 Å². The van der Waals surface area contributed by atoms with Crippen LogP contribution in [0.2, 0.25) is 0 Å². The van der Waals surface area contributed by atoms with Gasteiger partial charge >= 0.3 is 0 Å². The van der Waals surface area contributed by atoms with Crippen LogP contribution in [0.5, 0.6) is 0 Å². The van der Waals surface area contributed by atoms with Crippen LogP contribution in [0.4, 0.5) is 0 Å². The SMILES string of the molecule is c1ccc(-c2nc(-c3cccc(-c4ccc5c(c4)oc4ccccc45)c3)cc3ncccc23)cc1. The van der Waals surface area contributed by atoms with Gasteiger partial charge in [0.2, 0.25) is 0 Å². The molecule has 4 aromatic carbocycles. The number of pyridine rings is 2. The van der Waals surface area contributed by atoms with Gasteiger partial charge in [-0.05, 0) is 53.6 Å². The maximum atomic E-state index is 6.12. The first kappa shape index (κ1) is 19.7. The second-order valence-electron chi connectivity index (χ2n) is 8.68. The van der Waals surface area contributed by atoms with Gasteiger partial charge in [-0.15, -0.1) is 0 Å². The topological polar surface area (TPSA) is 38.9 Å². The minimum Gasteiger partial charge on any atom is -0.456 e. The zero-order valence-corrected chi connectivity index (χ0v) is 18.8. The van der Waals surface area contributed by atoms with E-state index in [-0.39, 0.29) is 0 Å². The van der Waals surface area contributed by atoms with Gasteiger partial charge in [0.15, 0.2) is 0 Å². The highest BCUT2D eigenvalue weighted by atomic mass is 16.3. The van der Waals surface area contributed by atoms with Crippen molar-refractivity contribution in [3.63, 3.8) is 0 Å². The Morgan fingerprint density at radius 1 is 0.486 bits per heavy atom. The van der Waals surface area contributed by atoms with E-state index < -0.39 is 0 Å². The molecule has 7 rings (SSSR count). The van der Waals surface area contributed by atoms with Crippen LogP contribution < -0.4 is 0 Å². The third kappa shape index (κ3) is 3.37. The van der Waals surface area contributed by atoms with Crippen molar-refractivity contribution >= 4 is 32.8 Å². The van der Waals surface area contributed by atoms with Crippen LogP contribution in [0.1, 0.15) is 0 Å². The van der Waals surface area contributed by atoms with Crippen molar-refractivity contribution in [2.45, 2.75) is 0 Å². The Labute approximate surface area is 202 Å². The lowest BCUT2D eigenvalue weighted by atomic mass is 9.99. The summed E-state index contributed by atoms with van der Waals surface area (Å²) < 4.78 is 6.12. The summed E-state index contributed by atoms with van der Waals surface area (Å²) in [5.74, 6) is 0. The van der Waals surface area contributed by atoms with E-state index in [0.29, 0.717) is 0 Å². The van der Waals surface area contributed by atoms with Crippen molar-refractivity contribution in [1.82, 2.24) is 9.97 Å². The van der Waals surface area contributed by atoms with Crippen molar-refractivity contribution in [2.75, 3.05) is 0 Å². The Balaban J connectivity index is 1.37. The Morgan fingerprint density at radius 3 is 2.17 bits per heavy atom. The number of rotatable bonds is 3. The molecule has 0 aliphatic carbocycles. The van der Waals surface area contributed by atoms with Gasteiger partial charge in [-0.1, -0.05) is 72.8 Å². The van der Waals surface area contributed by atoms with Crippen molar-refractivity contribution in [2.24, 2.45) is 0 Å². The van der Waals surface area contributed by atoms with Crippen LogP contribution in [0.15, 0.2) is 126 Å². The summed E-state index contributed by atoms with van der Waals surface area (Å²) in [4.78, 5) is 9.73. The molecule has 3 aromatic heterocycles. The van der Waals surface area contributed by atoms with Gasteiger partial charge in [0.1, 0.15) is 11.2 Å². The normalized spacial score (nSPS) is 11.4. The lowest BCUT2D eigenvalue weighted by molar-refractivity contribution is 0.669. The predicted molar refractivity (Wildman–Crippen MR) is 143 cm³/mol. The molecule has 0 saturated heterocycles. The molecule has 164 valence electrons. The van der Waals surface area contributed by atoms with E-state index in [1.54, 1.807) is 0 Å². The first-order valence-corrected chi connectivity index (χ1v) is 11.7. The van der Waals surface area contributed by atoms with Crippen molar-refractivity contribution in [3.05, 3.63) is 121 Å². The van der Waals surface area contributed by atoms with Gasteiger partial charge in [0, 0.05) is 33.5 Å². The number of para-hydroxylation sites is 1. The average Bonchev–Trinajstić information content (AvgIpc) is 3.31. The monoisotopic (exact) mass is 448 g/mol. The molecule has 0 fully saturated rings. The van der Waals surface area contributed by atoms with Crippen LogP contribution in [0, 0.1) is 0 Å². The third-order valence-electron chi connectivity index (χ3n) is 6.52. The van der Waals surface area contributed by atoms with Gasteiger partial charge in [-0.3, -0.25) is 4.98 Å². The van der Waals surface area contributed by atoms with E-state index >= 15 is 0 Å². The van der Waals surface area contributed by atoms with Crippen molar-refractivity contribution < 1.29 is 4.42 Å². The number of aromatic nitrogens is 2. The highest BCUT2D eigenvalue weighted by molar-refractivity contribution is 6.06. The summed E-state index contributed by atoms with van der Waals surface area (Å²) in [6.45, 7) is 0. The smallest absolute Gasteiger partial charge is 0.136 e. The number of fused-ring (bicyclic) bond motifs is 4. The lowest BCUT2D eigenvalue weighted by Gasteiger charge is -2.11. The molecular formula is C32H20N2O. The highest BCUT2D eigenvalue weighted by Gasteiger charge is 2.12. The van der Waals surface area contributed by atoms with E-state index in [9.17, 15) is 0 Å². The Morgan fingerprint density at radius 2 is 1.23 bits per heavy atom. The first-order valence-electron chi connectivity index (χ1n) is 11.7. The fraction of sp³-hybridized carbons (Fsp3) is 0. The Hall–Kier alpha value is -4.76. The second-order valence-corrected chi connectivity index (χ2v) is 8.68. The number of hydrogen-bond acceptors (Lipinski definition) is 3. The molecule has 0 radical (unpaired) electrons. The number of hydrogen-bond donors (Lipinski definition) is 0. The molecule has 0 aliphatic heterocycles. The standard InChI is InChI=1S/C32H20N2O/c1-2-8-21(9-3-1)32-27-13-7-17-33-29(27)20-28(34-32)24-11-6-10-22(18-24)23-15-16-26-25-12-4-5-14-30(25)35-31(26)19-23/h1-20H. The fourth-order valence-electron chi connectivity index (χ4n) is 4.80. The summed E-state index contributed by atoms with van der Waals surface area (Å²) in [5.41, 5.74) is 8.96. The largest absolute Gasteiger partial charge is 0.456 e. The number of furan rings is 1.